The van der Waals surface area contributed by atoms with Gasteiger partial charge in [0.25, 0.3) is 0 Å². The van der Waals surface area contributed by atoms with Crippen molar-refractivity contribution in [3.05, 3.63) is 59.9 Å². The third-order valence-corrected chi connectivity index (χ3v) is 6.70. The average Bonchev–Trinajstić information content (AvgIpc) is 3.41. The van der Waals surface area contributed by atoms with Gasteiger partial charge < -0.3 is 15.0 Å². The summed E-state index contributed by atoms with van der Waals surface area (Å²) in [6.45, 7) is 0.646. The summed E-state index contributed by atoms with van der Waals surface area (Å²) in [6, 6.07) is 12.2. The van der Waals surface area contributed by atoms with Crippen LogP contribution in [0.4, 0.5) is 0 Å². The van der Waals surface area contributed by atoms with E-state index in [0.717, 1.165) is 40.5 Å². The maximum Gasteiger partial charge on any atom is 0.222 e. The van der Waals surface area contributed by atoms with Gasteiger partial charge in [-0.05, 0) is 48.3 Å². The summed E-state index contributed by atoms with van der Waals surface area (Å²) >= 11 is 0. The quantitative estimate of drug-likeness (QED) is 0.545. The van der Waals surface area contributed by atoms with Crippen LogP contribution < -0.4 is 10.1 Å². The van der Waals surface area contributed by atoms with Crippen LogP contribution in [0.1, 0.15) is 36.8 Å². The van der Waals surface area contributed by atoms with Gasteiger partial charge in [-0.15, -0.1) is 0 Å². The molecule has 0 bridgehead atoms. The minimum Gasteiger partial charge on any atom is -0.496 e. The lowest BCUT2D eigenvalue weighted by atomic mass is 9.83. The molecule has 3 aromatic rings. The van der Waals surface area contributed by atoms with Crippen molar-refractivity contribution in [3.63, 3.8) is 0 Å². The van der Waals surface area contributed by atoms with Crippen molar-refractivity contribution in [2.45, 2.75) is 44.1 Å². The normalized spacial score (nSPS) is 17.8. The summed E-state index contributed by atoms with van der Waals surface area (Å²) < 4.78 is 7.30. The zero-order valence-corrected chi connectivity index (χ0v) is 19.6. The zero-order chi connectivity index (χ0) is 23.4. The van der Waals surface area contributed by atoms with Gasteiger partial charge in [0.1, 0.15) is 5.75 Å². The van der Waals surface area contributed by atoms with Crippen LogP contribution in [-0.4, -0.2) is 52.7 Å². The minimum absolute atomic E-state index is 0.0604. The average molecular weight is 449 g/mol. The molecule has 4 rings (SSSR count). The topological polar surface area (TPSA) is 76.5 Å². The molecule has 1 aromatic heterocycles. The van der Waals surface area contributed by atoms with Crippen LogP contribution in [0, 0.1) is 0 Å². The summed E-state index contributed by atoms with van der Waals surface area (Å²) in [5.74, 6) is 0.994. The van der Waals surface area contributed by atoms with Crippen molar-refractivity contribution in [1.29, 1.82) is 0 Å². The fraction of sp³-hybridized carbons (Fsp3) is 0.423. The summed E-state index contributed by atoms with van der Waals surface area (Å²) in [5, 5.41) is 9.57. The molecule has 7 heteroatoms. The second-order valence-electron chi connectivity index (χ2n) is 9.07. The Balaban J connectivity index is 1.45. The predicted octanol–water partition coefficient (Wildman–Crippen LogP) is 3.25. The van der Waals surface area contributed by atoms with Gasteiger partial charge in [-0.2, -0.15) is 5.10 Å². The van der Waals surface area contributed by atoms with Crippen molar-refractivity contribution in [2.75, 3.05) is 20.7 Å². The van der Waals surface area contributed by atoms with Crippen LogP contribution in [0.25, 0.3) is 10.8 Å². The Morgan fingerprint density at radius 3 is 2.70 bits per heavy atom. The molecule has 1 N–H and O–H groups in total. The maximum atomic E-state index is 12.9. The molecule has 1 aliphatic heterocycles. The number of amides is 2. The number of hydrogen-bond acceptors (Lipinski definition) is 4. The molecule has 1 atom stereocenters. The van der Waals surface area contributed by atoms with Crippen molar-refractivity contribution in [1.82, 2.24) is 20.0 Å². The number of rotatable bonds is 9. The number of hydrogen-bond donors (Lipinski definition) is 1. The van der Waals surface area contributed by atoms with Crippen molar-refractivity contribution in [3.8, 4) is 5.75 Å². The van der Waals surface area contributed by atoms with Gasteiger partial charge >= 0.3 is 0 Å². The lowest BCUT2D eigenvalue weighted by molar-refractivity contribution is -0.130. The van der Waals surface area contributed by atoms with Crippen LogP contribution >= 0.6 is 0 Å². The number of nitrogens with zero attached hydrogens (tertiary/aromatic N) is 3. The number of aromatic nitrogens is 2. The van der Waals surface area contributed by atoms with Crippen molar-refractivity contribution < 1.29 is 14.3 Å². The molecule has 0 aliphatic carbocycles. The highest BCUT2D eigenvalue weighted by molar-refractivity contribution is 5.91. The molecule has 1 saturated heterocycles. The molecule has 33 heavy (non-hydrogen) atoms. The molecule has 1 aliphatic rings. The number of likely N-dealkylation sites (N-methyl/N-ethyl adjacent to an activating group) is 1. The van der Waals surface area contributed by atoms with Crippen LogP contribution in [0.5, 0.6) is 5.75 Å². The molecular weight excluding hydrogens is 416 g/mol. The molecule has 2 heterocycles. The van der Waals surface area contributed by atoms with Crippen molar-refractivity contribution >= 4 is 22.6 Å². The largest absolute Gasteiger partial charge is 0.496 e. The third kappa shape index (κ3) is 5.18. The van der Waals surface area contributed by atoms with Crippen LogP contribution in [0.2, 0.25) is 0 Å². The summed E-state index contributed by atoms with van der Waals surface area (Å²) in [6.07, 6.45) is 7.53. The molecule has 2 aromatic carbocycles. The summed E-state index contributed by atoms with van der Waals surface area (Å²) in [7, 11) is 5.41. The molecule has 0 spiro atoms. The van der Waals surface area contributed by atoms with Gasteiger partial charge in [-0.3, -0.25) is 14.3 Å². The Morgan fingerprint density at radius 1 is 1.24 bits per heavy atom. The van der Waals surface area contributed by atoms with E-state index in [-0.39, 0.29) is 11.8 Å². The molecule has 0 unspecified atom stereocenters. The SMILES string of the molecule is COc1ccc(C[C@]2(CCC(=O)N(C)CCc3cnn(C)c3)CCC(=O)N2)c2ccccc12. The Labute approximate surface area is 194 Å². The number of fused-ring (bicyclic) bond motifs is 1. The van der Waals surface area contributed by atoms with Gasteiger partial charge in [0, 0.05) is 50.6 Å². The molecule has 174 valence electrons. The Bertz CT molecular complexity index is 1160. The monoisotopic (exact) mass is 448 g/mol. The van der Waals surface area contributed by atoms with E-state index in [0.29, 0.717) is 32.2 Å². The Kier molecular flexibility index (Phi) is 6.67. The number of benzene rings is 2. The molecule has 0 radical (unpaired) electrons. The first-order chi connectivity index (χ1) is 15.9. The number of aryl methyl sites for hydroxylation is 1. The highest BCUT2D eigenvalue weighted by Gasteiger charge is 2.38. The van der Waals surface area contributed by atoms with E-state index < -0.39 is 5.54 Å². The summed E-state index contributed by atoms with van der Waals surface area (Å²) in [5.41, 5.74) is 1.86. The van der Waals surface area contributed by atoms with Crippen LogP contribution in [0.3, 0.4) is 0 Å². The van der Waals surface area contributed by atoms with Gasteiger partial charge in [-0.1, -0.05) is 30.3 Å². The molecule has 7 nitrogen and oxygen atoms in total. The first kappa shape index (κ1) is 22.8. The number of methoxy groups -OCH3 is 1. The number of nitrogens with one attached hydrogen (secondary N) is 1. The van der Waals surface area contributed by atoms with Gasteiger partial charge in [0.05, 0.1) is 13.3 Å². The predicted molar refractivity (Wildman–Crippen MR) is 128 cm³/mol. The van der Waals surface area contributed by atoms with E-state index in [1.807, 2.05) is 44.7 Å². The first-order valence-electron chi connectivity index (χ1n) is 11.5. The van der Waals surface area contributed by atoms with E-state index in [9.17, 15) is 9.59 Å². The fourth-order valence-electron chi connectivity index (χ4n) is 4.77. The van der Waals surface area contributed by atoms with Gasteiger partial charge in [0.15, 0.2) is 0 Å². The second kappa shape index (κ2) is 9.65. The van der Waals surface area contributed by atoms with Crippen LogP contribution in [0.15, 0.2) is 48.8 Å². The van der Waals surface area contributed by atoms with E-state index in [4.69, 9.17) is 4.74 Å². The smallest absolute Gasteiger partial charge is 0.222 e. The highest BCUT2D eigenvalue weighted by atomic mass is 16.5. The zero-order valence-electron chi connectivity index (χ0n) is 19.6. The van der Waals surface area contributed by atoms with Crippen molar-refractivity contribution in [2.24, 2.45) is 7.05 Å². The number of carbonyl (C=O) groups excluding carboxylic acids is 2. The fourth-order valence-corrected chi connectivity index (χ4v) is 4.77. The van der Waals surface area contributed by atoms with E-state index in [2.05, 4.69) is 28.6 Å². The van der Waals surface area contributed by atoms with E-state index in [1.165, 1.54) is 0 Å². The molecule has 0 saturated carbocycles. The standard InChI is InChI=1S/C26H32N4O3/c1-29(15-12-19-17-27-30(2)18-19)25(32)11-14-26(13-10-24(31)28-26)16-20-8-9-23(33-3)22-7-5-4-6-21(20)22/h4-9,17-18H,10-16H2,1-3H3,(H,28,31)/t26-/m1/s1. The van der Waals surface area contributed by atoms with Gasteiger partial charge in [-0.25, -0.2) is 0 Å². The van der Waals surface area contributed by atoms with E-state index >= 15 is 0 Å². The molecule has 1 fully saturated rings. The molecular formula is C26H32N4O3. The first-order valence-corrected chi connectivity index (χ1v) is 11.5. The number of carbonyl (C=O) groups is 2. The van der Waals surface area contributed by atoms with E-state index in [1.54, 1.807) is 16.7 Å². The minimum atomic E-state index is -0.408. The van der Waals surface area contributed by atoms with Crippen LogP contribution in [-0.2, 0) is 29.5 Å². The van der Waals surface area contributed by atoms with Gasteiger partial charge in [0.2, 0.25) is 11.8 Å². The second-order valence-corrected chi connectivity index (χ2v) is 9.07. The number of ether oxygens (including phenoxy) is 1. The Hall–Kier alpha value is -3.35. The lowest BCUT2D eigenvalue weighted by Gasteiger charge is -2.31. The molecule has 2 amide bonds. The summed E-state index contributed by atoms with van der Waals surface area (Å²) in [4.78, 5) is 26.9. The third-order valence-electron chi connectivity index (χ3n) is 6.70. The Morgan fingerprint density at radius 2 is 2.03 bits per heavy atom. The maximum absolute atomic E-state index is 12.9. The highest BCUT2D eigenvalue weighted by Crippen LogP contribution is 2.35. The lowest BCUT2D eigenvalue weighted by Crippen LogP contribution is -2.44.